The minimum atomic E-state index is 0.600. The van der Waals surface area contributed by atoms with E-state index in [9.17, 15) is 0 Å². The summed E-state index contributed by atoms with van der Waals surface area (Å²) in [6, 6.07) is 3.98. The Hall–Kier alpha value is -3.00. The van der Waals surface area contributed by atoms with E-state index in [1.165, 1.54) is 0 Å². The summed E-state index contributed by atoms with van der Waals surface area (Å²) in [4.78, 5) is 13.5. The van der Waals surface area contributed by atoms with Gasteiger partial charge in [0.2, 0.25) is 0 Å². The average molecular weight is 364 g/mol. The summed E-state index contributed by atoms with van der Waals surface area (Å²) in [5, 5.41) is 8.57. The van der Waals surface area contributed by atoms with Crippen LogP contribution in [0.3, 0.4) is 0 Å². The third kappa shape index (κ3) is 3.61. The smallest absolute Gasteiger partial charge is 0.115 e. The zero-order chi connectivity index (χ0) is 18.8. The molecule has 27 heavy (non-hydrogen) atoms. The molecule has 8 nitrogen and oxygen atoms in total. The maximum absolute atomic E-state index is 5.86. The van der Waals surface area contributed by atoms with Crippen molar-refractivity contribution in [2.45, 2.75) is 13.8 Å². The van der Waals surface area contributed by atoms with Crippen molar-refractivity contribution in [3.63, 3.8) is 0 Å². The van der Waals surface area contributed by atoms with Crippen LogP contribution in [0.5, 0.6) is 0 Å². The van der Waals surface area contributed by atoms with Crippen molar-refractivity contribution < 1.29 is 0 Å². The first-order chi connectivity index (χ1) is 13.1. The maximum Gasteiger partial charge on any atom is 0.115 e. The standard InChI is InChI=1S/C19H24N8/c1-3-25-4-6-26(7-5-25)17-8-15(10-21-12-17)18-13-27(24-23-18)19-9-16(20)11-22-14(19)2/h8-13H,3-7,20H2,1-2H3. The van der Waals surface area contributed by atoms with Crippen LogP contribution < -0.4 is 10.6 Å². The first kappa shape index (κ1) is 17.4. The molecule has 0 bridgehead atoms. The predicted octanol–water partition coefficient (Wildman–Crippen LogP) is 1.76. The molecule has 8 heteroatoms. The van der Waals surface area contributed by atoms with E-state index < -0.39 is 0 Å². The quantitative estimate of drug-likeness (QED) is 0.754. The average Bonchev–Trinajstić information content (AvgIpc) is 3.20. The molecule has 0 unspecified atom stereocenters. The van der Waals surface area contributed by atoms with Crippen molar-refractivity contribution in [1.29, 1.82) is 0 Å². The Morgan fingerprint density at radius 1 is 1.07 bits per heavy atom. The van der Waals surface area contributed by atoms with Gasteiger partial charge in [-0.2, -0.15) is 0 Å². The SMILES string of the molecule is CCN1CCN(c2cncc(-c3cn(-c4cc(N)cnc4C)nn3)c2)CC1. The summed E-state index contributed by atoms with van der Waals surface area (Å²) in [7, 11) is 0. The van der Waals surface area contributed by atoms with Crippen LogP contribution in [0.15, 0.2) is 36.9 Å². The van der Waals surface area contributed by atoms with Gasteiger partial charge in [0, 0.05) is 37.9 Å². The molecular weight excluding hydrogens is 340 g/mol. The number of likely N-dealkylation sites (N-methyl/N-ethyl adjacent to an activating group) is 1. The second-order valence-corrected chi connectivity index (χ2v) is 6.77. The van der Waals surface area contributed by atoms with Gasteiger partial charge in [0.1, 0.15) is 5.69 Å². The van der Waals surface area contributed by atoms with Crippen molar-refractivity contribution in [2.75, 3.05) is 43.4 Å². The number of hydrogen-bond acceptors (Lipinski definition) is 7. The molecule has 0 atom stereocenters. The summed E-state index contributed by atoms with van der Waals surface area (Å²) >= 11 is 0. The Morgan fingerprint density at radius 3 is 2.67 bits per heavy atom. The van der Waals surface area contributed by atoms with Crippen LogP contribution in [-0.2, 0) is 0 Å². The summed E-state index contributed by atoms with van der Waals surface area (Å²) in [5.41, 5.74) is 11.0. The van der Waals surface area contributed by atoms with E-state index in [1.807, 2.05) is 31.6 Å². The van der Waals surface area contributed by atoms with Gasteiger partial charge in [0.15, 0.2) is 0 Å². The van der Waals surface area contributed by atoms with Gasteiger partial charge in [-0.1, -0.05) is 12.1 Å². The van der Waals surface area contributed by atoms with Crippen molar-refractivity contribution >= 4 is 11.4 Å². The molecule has 3 aromatic rings. The third-order valence-corrected chi connectivity index (χ3v) is 5.03. The van der Waals surface area contributed by atoms with E-state index in [2.05, 4.69) is 43.1 Å². The number of nitrogens with zero attached hydrogens (tertiary/aromatic N) is 7. The fraction of sp³-hybridized carbons (Fsp3) is 0.368. The van der Waals surface area contributed by atoms with E-state index in [0.29, 0.717) is 5.69 Å². The number of aryl methyl sites for hydroxylation is 1. The fourth-order valence-corrected chi connectivity index (χ4v) is 3.35. The second kappa shape index (κ2) is 7.32. The highest BCUT2D eigenvalue weighted by molar-refractivity contribution is 5.64. The van der Waals surface area contributed by atoms with Crippen LogP contribution in [0.2, 0.25) is 0 Å². The van der Waals surface area contributed by atoms with Crippen LogP contribution in [-0.4, -0.2) is 62.6 Å². The molecule has 1 aliphatic heterocycles. The van der Waals surface area contributed by atoms with Crippen LogP contribution in [0.4, 0.5) is 11.4 Å². The van der Waals surface area contributed by atoms with E-state index in [4.69, 9.17) is 5.73 Å². The number of nitrogen functional groups attached to an aromatic ring is 1. The lowest BCUT2D eigenvalue weighted by Crippen LogP contribution is -2.46. The molecule has 0 aliphatic carbocycles. The first-order valence-electron chi connectivity index (χ1n) is 9.21. The number of aromatic nitrogens is 5. The molecule has 1 fully saturated rings. The number of hydrogen-bond donors (Lipinski definition) is 1. The molecule has 140 valence electrons. The second-order valence-electron chi connectivity index (χ2n) is 6.77. The van der Waals surface area contributed by atoms with Crippen molar-refractivity contribution in [3.8, 4) is 16.9 Å². The highest BCUT2D eigenvalue weighted by Gasteiger charge is 2.17. The lowest BCUT2D eigenvalue weighted by atomic mass is 10.2. The molecule has 4 rings (SSSR count). The van der Waals surface area contributed by atoms with Gasteiger partial charge in [0.25, 0.3) is 0 Å². The Labute approximate surface area is 158 Å². The normalized spacial score (nSPS) is 15.3. The molecule has 0 radical (unpaired) electrons. The number of rotatable bonds is 4. The lowest BCUT2D eigenvalue weighted by molar-refractivity contribution is 0.271. The highest BCUT2D eigenvalue weighted by atomic mass is 15.4. The summed E-state index contributed by atoms with van der Waals surface area (Å²) < 4.78 is 1.71. The van der Waals surface area contributed by atoms with Gasteiger partial charge in [0.05, 0.1) is 41.3 Å². The summed E-state index contributed by atoms with van der Waals surface area (Å²) in [6.07, 6.45) is 7.27. The molecule has 1 aliphatic rings. The topological polar surface area (TPSA) is 89.0 Å². The Morgan fingerprint density at radius 2 is 1.89 bits per heavy atom. The molecule has 3 aromatic heterocycles. The Kier molecular flexibility index (Phi) is 4.72. The number of pyridine rings is 2. The summed E-state index contributed by atoms with van der Waals surface area (Å²) in [5.74, 6) is 0. The Bertz CT molecular complexity index is 927. The molecule has 0 amide bonds. The highest BCUT2D eigenvalue weighted by Crippen LogP contribution is 2.24. The third-order valence-electron chi connectivity index (χ3n) is 5.03. The minimum absolute atomic E-state index is 0.600. The van der Waals surface area contributed by atoms with Gasteiger partial charge < -0.3 is 15.5 Å². The fourth-order valence-electron chi connectivity index (χ4n) is 3.35. The van der Waals surface area contributed by atoms with Gasteiger partial charge in [-0.15, -0.1) is 5.10 Å². The molecular formula is C19H24N8. The monoisotopic (exact) mass is 364 g/mol. The first-order valence-corrected chi connectivity index (χ1v) is 9.21. The van der Waals surface area contributed by atoms with E-state index in [1.54, 1.807) is 10.9 Å². The van der Waals surface area contributed by atoms with Crippen LogP contribution in [0.1, 0.15) is 12.6 Å². The van der Waals surface area contributed by atoms with E-state index in [0.717, 1.165) is 61.0 Å². The predicted molar refractivity (Wildman–Crippen MR) is 106 cm³/mol. The minimum Gasteiger partial charge on any atom is -0.397 e. The van der Waals surface area contributed by atoms with Crippen LogP contribution in [0, 0.1) is 6.92 Å². The largest absolute Gasteiger partial charge is 0.397 e. The van der Waals surface area contributed by atoms with Gasteiger partial charge in [-0.05, 0) is 25.6 Å². The molecule has 0 aromatic carbocycles. The van der Waals surface area contributed by atoms with Gasteiger partial charge in [-0.3, -0.25) is 9.97 Å². The number of piperazine rings is 1. The van der Waals surface area contributed by atoms with Gasteiger partial charge in [-0.25, -0.2) is 4.68 Å². The van der Waals surface area contributed by atoms with Crippen molar-refractivity contribution in [2.24, 2.45) is 0 Å². The van der Waals surface area contributed by atoms with E-state index in [-0.39, 0.29) is 0 Å². The van der Waals surface area contributed by atoms with Crippen LogP contribution >= 0.6 is 0 Å². The maximum atomic E-state index is 5.86. The van der Waals surface area contributed by atoms with E-state index >= 15 is 0 Å². The van der Waals surface area contributed by atoms with Crippen LogP contribution in [0.25, 0.3) is 16.9 Å². The lowest BCUT2D eigenvalue weighted by Gasteiger charge is -2.35. The van der Waals surface area contributed by atoms with Crippen molar-refractivity contribution in [1.82, 2.24) is 29.9 Å². The van der Waals surface area contributed by atoms with Crippen molar-refractivity contribution in [3.05, 3.63) is 42.6 Å². The molecule has 4 heterocycles. The molecule has 0 saturated carbocycles. The number of nitrogens with two attached hydrogens (primary N) is 1. The molecule has 2 N–H and O–H groups in total. The zero-order valence-electron chi connectivity index (χ0n) is 15.7. The number of anilines is 2. The summed E-state index contributed by atoms with van der Waals surface area (Å²) in [6.45, 7) is 9.43. The Balaban J connectivity index is 1.58. The molecule has 0 spiro atoms. The van der Waals surface area contributed by atoms with Gasteiger partial charge >= 0.3 is 0 Å². The molecule has 1 saturated heterocycles. The zero-order valence-corrected chi connectivity index (χ0v) is 15.7.